The van der Waals surface area contributed by atoms with Crippen molar-refractivity contribution in [1.29, 1.82) is 0 Å². The average Bonchev–Trinajstić information content (AvgIpc) is 2.48. The van der Waals surface area contributed by atoms with E-state index in [0.717, 1.165) is 25.7 Å². The minimum atomic E-state index is -4.95. The SMILES string of the molecule is C[PH2+]C.C[PH2+]C.C[PH2+]C.O=C([O-])c1cc(C(=O)[O-])cc(S(=O)(=O)[O-])c1. The van der Waals surface area contributed by atoms with Gasteiger partial charge in [0.15, 0.2) is 0 Å². The molecule has 0 aliphatic heterocycles. The molecule has 0 atom stereocenters. The quantitative estimate of drug-likeness (QED) is 0.454. The molecule has 1 rings (SSSR count). The molecule has 146 valence electrons. The van der Waals surface area contributed by atoms with Crippen molar-refractivity contribution in [3.05, 3.63) is 29.3 Å². The fourth-order valence-electron chi connectivity index (χ4n) is 0.979. The molecule has 0 aliphatic rings. The molecule has 0 fully saturated rings. The number of carboxylic acid groups (broad SMARTS) is 2. The number of hydrogen-bond donors (Lipinski definition) is 0. The fraction of sp³-hybridized carbons (Fsp3) is 0.429. The summed E-state index contributed by atoms with van der Waals surface area (Å²) < 4.78 is 31.8. The lowest BCUT2D eigenvalue weighted by atomic mass is 10.1. The van der Waals surface area contributed by atoms with E-state index in [1.165, 1.54) is 0 Å². The molecule has 1 aromatic rings. The standard InChI is InChI=1S/C8H6O7S.3C2H7P/c9-7(10)4-1-5(8(11)12)3-6(2-4)16(13,14)15;3*1-3-2/h1-3H,(H,9,10)(H,11,12)(H,13,14,15);3*3H,1-2H3. The number of rotatable bonds is 3. The van der Waals surface area contributed by atoms with E-state index in [1.807, 2.05) is 0 Å². The summed E-state index contributed by atoms with van der Waals surface area (Å²) in [5, 5.41) is 20.9. The third-order valence-electron chi connectivity index (χ3n) is 1.67. The molecule has 1 aromatic carbocycles. The molecule has 0 unspecified atom stereocenters. The van der Waals surface area contributed by atoms with E-state index in [4.69, 9.17) is 0 Å². The molecule has 0 saturated heterocycles. The van der Waals surface area contributed by atoms with Crippen LogP contribution >= 0.6 is 25.7 Å². The van der Waals surface area contributed by atoms with Gasteiger partial charge in [-0.15, -0.1) is 0 Å². The topological polar surface area (TPSA) is 137 Å². The van der Waals surface area contributed by atoms with Crippen molar-refractivity contribution in [3.63, 3.8) is 0 Å². The van der Waals surface area contributed by atoms with Crippen LogP contribution in [0.3, 0.4) is 0 Å². The van der Waals surface area contributed by atoms with Crippen LogP contribution < -0.4 is 10.2 Å². The zero-order valence-electron chi connectivity index (χ0n) is 15.2. The van der Waals surface area contributed by atoms with Gasteiger partial charge in [-0.1, -0.05) is 0 Å². The number of aromatic carboxylic acids is 2. The summed E-state index contributed by atoms with van der Waals surface area (Å²) in [6.07, 6.45) is 0. The summed E-state index contributed by atoms with van der Waals surface area (Å²) in [4.78, 5) is 19.9. The largest absolute Gasteiger partial charge is 0.744 e. The Labute approximate surface area is 155 Å². The van der Waals surface area contributed by atoms with Crippen molar-refractivity contribution < 1.29 is 32.8 Å². The smallest absolute Gasteiger partial charge is 0.124 e. The maximum Gasteiger partial charge on any atom is 0.124 e. The van der Waals surface area contributed by atoms with Gasteiger partial charge in [0.25, 0.3) is 0 Å². The molecule has 0 bridgehead atoms. The third kappa shape index (κ3) is 16.6. The van der Waals surface area contributed by atoms with E-state index in [2.05, 4.69) is 40.0 Å². The van der Waals surface area contributed by atoms with Crippen LogP contribution in [0.25, 0.3) is 0 Å². The first-order valence-electron chi connectivity index (χ1n) is 7.22. The number of carboxylic acids is 2. The Kier molecular flexibility index (Phi) is 19.6. The van der Waals surface area contributed by atoms with Crippen molar-refractivity contribution in [3.8, 4) is 0 Å². The zero-order chi connectivity index (χ0) is 20.6. The lowest BCUT2D eigenvalue weighted by Crippen LogP contribution is -2.26. The van der Waals surface area contributed by atoms with Crippen LogP contribution in [0.5, 0.6) is 0 Å². The second-order valence-electron chi connectivity index (χ2n) is 4.51. The van der Waals surface area contributed by atoms with Crippen molar-refractivity contribution in [2.45, 2.75) is 4.90 Å². The molecule has 25 heavy (non-hydrogen) atoms. The third-order valence-corrected chi connectivity index (χ3v) is 2.48. The summed E-state index contributed by atoms with van der Waals surface area (Å²) in [5.74, 6) is -3.60. The molecule has 0 heterocycles. The number of benzene rings is 1. The maximum atomic E-state index is 10.6. The monoisotopic (exact) mass is 432 g/mol. The Morgan fingerprint density at radius 3 is 1.16 bits per heavy atom. The van der Waals surface area contributed by atoms with Crippen molar-refractivity contribution >= 4 is 47.8 Å². The number of carbonyl (C=O) groups is 2. The van der Waals surface area contributed by atoms with Crippen molar-refractivity contribution in [1.82, 2.24) is 0 Å². The van der Waals surface area contributed by atoms with Gasteiger partial charge in [-0.3, -0.25) is 0 Å². The van der Waals surface area contributed by atoms with Crippen LogP contribution in [0.2, 0.25) is 0 Å². The lowest BCUT2D eigenvalue weighted by Gasteiger charge is -2.13. The van der Waals surface area contributed by atoms with Gasteiger partial charge in [-0.2, -0.15) is 0 Å². The molecule has 0 radical (unpaired) electrons. The first-order valence-corrected chi connectivity index (χ1v) is 15.6. The van der Waals surface area contributed by atoms with E-state index in [1.54, 1.807) is 0 Å². The van der Waals surface area contributed by atoms with Gasteiger partial charge in [0, 0.05) is 40.0 Å². The minimum absolute atomic E-state index is 0.518. The second-order valence-corrected chi connectivity index (χ2v) is 9.35. The molecule has 0 amide bonds. The summed E-state index contributed by atoms with van der Waals surface area (Å²) in [7, 11) is -2.70. The van der Waals surface area contributed by atoms with E-state index < -0.39 is 38.1 Å². The maximum absolute atomic E-state index is 10.6. The number of hydrogen-bond acceptors (Lipinski definition) is 7. The molecule has 0 spiro atoms. The highest BCUT2D eigenvalue weighted by molar-refractivity contribution is 7.85. The zero-order valence-corrected chi connectivity index (χ0v) is 19.5. The van der Waals surface area contributed by atoms with Gasteiger partial charge in [0.05, 0.1) is 16.8 Å². The summed E-state index contributed by atoms with van der Waals surface area (Å²) >= 11 is 0. The van der Waals surface area contributed by atoms with E-state index in [0.29, 0.717) is 18.2 Å². The van der Waals surface area contributed by atoms with Crippen LogP contribution in [0, 0.1) is 0 Å². The highest BCUT2D eigenvalue weighted by Crippen LogP contribution is 2.14. The summed E-state index contributed by atoms with van der Waals surface area (Å²) in [6.45, 7) is 13.3. The molecule has 7 nitrogen and oxygen atoms in total. The van der Waals surface area contributed by atoms with Gasteiger partial charge in [0.2, 0.25) is 0 Å². The Bertz CT molecular complexity index is 582. The van der Waals surface area contributed by atoms with Crippen LogP contribution in [0.1, 0.15) is 20.7 Å². The average molecular weight is 432 g/mol. The van der Waals surface area contributed by atoms with Crippen LogP contribution in [0.15, 0.2) is 23.1 Å². The van der Waals surface area contributed by atoms with Gasteiger partial charge in [-0.25, -0.2) is 8.42 Å². The molecule has 0 aliphatic carbocycles. The van der Waals surface area contributed by atoms with Gasteiger partial charge in [0.1, 0.15) is 10.1 Å². The molecule has 0 N–H and O–H groups in total. The van der Waals surface area contributed by atoms with E-state index >= 15 is 0 Å². The predicted octanol–water partition coefficient (Wildman–Crippen LogP) is -0.712. The predicted molar refractivity (Wildman–Crippen MR) is 108 cm³/mol. The van der Waals surface area contributed by atoms with E-state index in [-0.39, 0.29) is 0 Å². The van der Waals surface area contributed by atoms with Crippen LogP contribution in [-0.2, 0) is 10.1 Å². The van der Waals surface area contributed by atoms with Gasteiger partial charge in [-0.05, 0) is 55.1 Å². The lowest BCUT2D eigenvalue weighted by molar-refractivity contribution is -0.255. The molecule has 11 heteroatoms. The van der Waals surface area contributed by atoms with Crippen molar-refractivity contribution in [2.24, 2.45) is 0 Å². The Balaban J connectivity index is -0.000000451. The second kappa shape index (κ2) is 16.8. The van der Waals surface area contributed by atoms with Crippen LogP contribution in [-0.4, -0.2) is 64.9 Å². The number of carbonyl (C=O) groups excluding carboxylic acids is 2. The fourth-order valence-corrected chi connectivity index (χ4v) is 1.52. The molecule has 0 aromatic heterocycles. The van der Waals surface area contributed by atoms with E-state index in [9.17, 15) is 32.8 Å². The highest BCUT2D eigenvalue weighted by Gasteiger charge is 2.07. The summed E-state index contributed by atoms with van der Waals surface area (Å²) in [5.41, 5.74) is -1.45. The van der Waals surface area contributed by atoms with Gasteiger partial charge >= 0.3 is 0 Å². The minimum Gasteiger partial charge on any atom is -0.744 e. The Morgan fingerprint density at radius 1 is 0.760 bits per heavy atom. The first-order chi connectivity index (χ1) is 11.5. The van der Waals surface area contributed by atoms with Gasteiger partial charge < -0.3 is 24.4 Å². The molecular weight excluding hydrogens is 405 g/mol. The normalized spacial score (nSPS) is 9.24. The Hall–Kier alpha value is -0.640. The summed E-state index contributed by atoms with van der Waals surface area (Å²) in [6, 6.07) is 1.67. The molecular formula is C14H27O7P3S. The Morgan fingerprint density at radius 2 is 1.00 bits per heavy atom. The van der Waals surface area contributed by atoms with Crippen LogP contribution in [0.4, 0.5) is 0 Å². The first kappa shape index (κ1) is 29.1. The molecule has 0 saturated carbocycles. The highest BCUT2D eigenvalue weighted by atomic mass is 32.2. The van der Waals surface area contributed by atoms with Crippen molar-refractivity contribution in [2.75, 3.05) is 40.0 Å².